The van der Waals surface area contributed by atoms with Gasteiger partial charge in [0.15, 0.2) is 0 Å². The van der Waals surface area contributed by atoms with Crippen LogP contribution in [0.4, 0.5) is 5.69 Å². The van der Waals surface area contributed by atoms with Gasteiger partial charge in [0.05, 0.1) is 26.5 Å². The zero-order valence-corrected chi connectivity index (χ0v) is 20.8. The molecule has 3 aromatic rings. The number of Topliss-reactive ketones (excluding diaryl/α,β-unsaturated/α-hetero) is 1. The summed E-state index contributed by atoms with van der Waals surface area (Å²) < 4.78 is 15.0. The zero-order chi connectivity index (χ0) is 25.4. The molecule has 35 heavy (non-hydrogen) atoms. The van der Waals surface area contributed by atoms with Crippen LogP contribution in [-0.4, -0.2) is 47.6 Å². The number of aromatic nitrogens is 1. The summed E-state index contributed by atoms with van der Waals surface area (Å²) in [6.45, 7) is 3.79. The summed E-state index contributed by atoms with van der Waals surface area (Å²) in [5.41, 5.74) is 3.59. The van der Waals surface area contributed by atoms with Crippen LogP contribution < -0.4 is 14.8 Å². The quantitative estimate of drug-likeness (QED) is 0.279. The van der Waals surface area contributed by atoms with E-state index in [0.717, 1.165) is 11.3 Å². The monoisotopic (exact) mass is 493 g/mol. The van der Waals surface area contributed by atoms with Crippen LogP contribution in [0.2, 0.25) is 0 Å². The number of hydrogen-bond acceptors (Lipinski definition) is 8. The molecule has 0 amide bonds. The third-order valence-corrected chi connectivity index (χ3v) is 5.46. The SMILES string of the molecule is COc1cc(NC(C(=O)C(=N)/C(=N\[SH2+])c2ccc(C)cc2)c2ccc(C)nc2)cc(OCCO)c1. The van der Waals surface area contributed by atoms with Crippen molar-refractivity contribution >= 4 is 35.7 Å². The van der Waals surface area contributed by atoms with Crippen LogP contribution in [-0.2, 0) is 17.6 Å². The molecule has 182 valence electrons. The van der Waals surface area contributed by atoms with E-state index in [1.165, 1.54) is 7.11 Å². The normalized spacial score (nSPS) is 12.1. The number of carbonyl (C=O) groups excluding carboxylic acids is 1. The number of methoxy groups -OCH3 is 1. The van der Waals surface area contributed by atoms with E-state index < -0.39 is 11.8 Å². The van der Waals surface area contributed by atoms with E-state index in [0.29, 0.717) is 28.3 Å². The number of ketones is 1. The average Bonchev–Trinajstić information content (AvgIpc) is 2.87. The van der Waals surface area contributed by atoms with Crippen LogP contribution >= 0.6 is 0 Å². The summed E-state index contributed by atoms with van der Waals surface area (Å²) in [6.07, 6.45) is 1.61. The topological polar surface area (TPSA) is 117 Å². The Balaban J connectivity index is 1.99. The van der Waals surface area contributed by atoms with Crippen molar-refractivity contribution in [2.45, 2.75) is 19.9 Å². The van der Waals surface area contributed by atoms with Crippen molar-refractivity contribution in [3.05, 3.63) is 83.2 Å². The summed E-state index contributed by atoms with van der Waals surface area (Å²) in [4.78, 5) is 18.0. The van der Waals surface area contributed by atoms with Crippen LogP contribution in [0.1, 0.15) is 28.4 Å². The first-order valence-corrected chi connectivity index (χ1v) is 11.4. The molecule has 3 rings (SSSR count). The second kappa shape index (κ2) is 12.1. The fraction of sp³-hybridized carbons (Fsp3) is 0.231. The Morgan fingerprint density at radius 1 is 1.14 bits per heavy atom. The van der Waals surface area contributed by atoms with Gasteiger partial charge in [-0.2, -0.15) is 0 Å². The number of benzene rings is 2. The molecule has 2 aromatic carbocycles. The number of pyridine rings is 1. The number of ether oxygens (including phenoxy) is 2. The Kier molecular flexibility index (Phi) is 8.99. The third kappa shape index (κ3) is 6.68. The van der Waals surface area contributed by atoms with Gasteiger partial charge < -0.3 is 19.9 Å². The second-order valence-electron chi connectivity index (χ2n) is 7.85. The van der Waals surface area contributed by atoms with Gasteiger partial charge in [-0.05, 0) is 19.9 Å². The van der Waals surface area contributed by atoms with Crippen molar-refractivity contribution in [3.63, 3.8) is 0 Å². The maximum atomic E-state index is 13.7. The molecule has 1 unspecified atom stereocenters. The Morgan fingerprint density at radius 3 is 2.46 bits per heavy atom. The molecule has 8 nitrogen and oxygen atoms in total. The average molecular weight is 494 g/mol. The minimum atomic E-state index is -0.928. The smallest absolute Gasteiger partial charge is 0.209 e. The maximum absolute atomic E-state index is 13.7. The van der Waals surface area contributed by atoms with Crippen molar-refractivity contribution in [1.82, 2.24) is 4.98 Å². The van der Waals surface area contributed by atoms with Gasteiger partial charge in [-0.15, -0.1) is 0 Å². The molecule has 1 heterocycles. The van der Waals surface area contributed by atoms with E-state index in [4.69, 9.17) is 20.0 Å². The number of anilines is 1. The minimum Gasteiger partial charge on any atom is -0.497 e. The molecule has 0 aliphatic heterocycles. The molecule has 0 saturated carbocycles. The first kappa shape index (κ1) is 25.9. The highest BCUT2D eigenvalue weighted by atomic mass is 32.1. The van der Waals surface area contributed by atoms with Crippen molar-refractivity contribution in [2.24, 2.45) is 4.40 Å². The van der Waals surface area contributed by atoms with E-state index in [9.17, 15) is 4.79 Å². The Labute approximate surface area is 210 Å². The number of nitrogens with one attached hydrogen (secondary N) is 2. The standard InChI is InChI=1S/C26H28N4O4S/c1-16-4-7-18(8-5-16)24(30-35)23(27)26(32)25(19-9-6-17(2)28-15-19)29-20-12-21(33-3)14-22(13-20)34-11-10-31/h4-9,12-15,25,27,29,31,35H,10-11H2,1-3H3/p+1/b27-23?,30-24-. The molecule has 0 fully saturated rings. The van der Waals surface area contributed by atoms with Crippen molar-refractivity contribution < 1.29 is 19.4 Å². The van der Waals surface area contributed by atoms with Gasteiger partial charge in [-0.3, -0.25) is 15.2 Å². The molecular formula is C26H29N4O4S+. The molecule has 0 spiro atoms. The van der Waals surface area contributed by atoms with E-state index in [-0.39, 0.29) is 24.6 Å². The number of aliphatic hydroxyl groups is 1. The van der Waals surface area contributed by atoms with Crippen molar-refractivity contribution in [3.8, 4) is 11.5 Å². The Hall–Kier alpha value is -3.69. The maximum Gasteiger partial charge on any atom is 0.209 e. The summed E-state index contributed by atoms with van der Waals surface area (Å²) in [7, 11) is 1.53. The van der Waals surface area contributed by atoms with Gasteiger partial charge in [-0.1, -0.05) is 40.3 Å². The molecule has 0 aliphatic rings. The minimum absolute atomic E-state index is 0.114. The summed E-state index contributed by atoms with van der Waals surface area (Å²) in [6, 6.07) is 15.2. The zero-order valence-electron chi connectivity index (χ0n) is 19.8. The number of aliphatic hydroxyl groups excluding tert-OH is 1. The highest BCUT2D eigenvalue weighted by molar-refractivity contribution is 7.57. The third-order valence-electron chi connectivity index (χ3n) is 5.24. The molecule has 0 aliphatic carbocycles. The van der Waals surface area contributed by atoms with E-state index in [2.05, 4.69) is 27.5 Å². The van der Waals surface area contributed by atoms with E-state index in [1.54, 1.807) is 36.5 Å². The molecule has 1 atom stereocenters. The first-order valence-electron chi connectivity index (χ1n) is 10.9. The van der Waals surface area contributed by atoms with E-state index in [1.807, 2.05) is 38.1 Å². The van der Waals surface area contributed by atoms with E-state index >= 15 is 0 Å². The molecular weight excluding hydrogens is 464 g/mol. The first-order chi connectivity index (χ1) is 16.9. The van der Waals surface area contributed by atoms with Gasteiger partial charge in [0.1, 0.15) is 35.6 Å². The number of carbonyl (C=O) groups is 1. The number of hydrogen-bond donors (Lipinski definition) is 3. The highest BCUT2D eigenvalue weighted by Gasteiger charge is 2.29. The van der Waals surface area contributed by atoms with Crippen LogP contribution in [0, 0.1) is 19.3 Å². The molecule has 0 bridgehead atoms. The van der Waals surface area contributed by atoms with Gasteiger partial charge >= 0.3 is 0 Å². The van der Waals surface area contributed by atoms with Crippen LogP contribution in [0.5, 0.6) is 11.5 Å². The lowest BCUT2D eigenvalue weighted by molar-refractivity contribution is -0.113. The number of nitrogens with zero attached hydrogens (tertiary/aromatic N) is 2. The largest absolute Gasteiger partial charge is 0.497 e. The summed E-state index contributed by atoms with van der Waals surface area (Å²) >= 11 is 3.14. The lowest BCUT2D eigenvalue weighted by atomic mass is 9.95. The molecule has 0 radical (unpaired) electrons. The predicted octanol–water partition coefficient (Wildman–Crippen LogP) is 3.24. The fourth-order valence-corrected chi connectivity index (χ4v) is 3.61. The van der Waals surface area contributed by atoms with Crippen LogP contribution in [0.25, 0.3) is 0 Å². The van der Waals surface area contributed by atoms with Crippen LogP contribution in [0.3, 0.4) is 0 Å². The Morgan fingerprint density at radius 2 is 1.86 bits per heavy atom. The molecule has 0 saturated heterocycles. The number of rotatable bonds is 11. The molecule has 9 heteroatoms. The molecule has 3 N–H and O–H groups in total. The van der Waals surface area contributed by atoms with Gasteiger partial charge in [0.2, 0.25) is 5.78 Å². The lowest BCUT2D eigenvalue weighted by Crippen LogP contribution is -2.33. The summed E-state index contributed by atoms with van der Waals surface area (Å²) in [5.74, 6) is 0.480. The predicted molar refractivity (Wildman–Crippen MR) is 142 cm³/mol. The lowest BCUT2D eigenvalue weighted by Gasteiger charge is -2.21. The van der Waals surface area contributed by atoms with Gasteiger partial charge in [0.25, 0.3) is 0 Å². The molecule has 1 aromatic heterocycles. The fourth-order valence-electron chi connectivity index (χ4n) is 3.37. The van der Waals surface area contributed by atoms with Crippen LogP contribution in [0.15, 0.2) is 65.2 Å². The summed E-state index contributed by atoms with van der Waals surface area (Å²) in [5, 5.41) is 21.0. The second-order valence-corrected chi connectivity index (χ2v) is 8.07. The Bertz CT molecular complexity index is 1210. The highest BCUT2D eigenvalue weighted by Crippen LogP contribution is 2.29. The van der Waals surface area contributed by atoms with Gasteiger partial charge in [-0.25, -0.2) is 0 Å². The number of aryl methyl sites for hydroxylation is 2. The van der Waals surface area contributed by atoms with Crippen molar-refractivity contribution in [2.75, 3.05) is 25.6 Å². The van der Waals surface area contributed by atoms with Crippen molar-refractivity contribution in [1.29, 1.82) is 5.41 Å². The van der Waals surface area contributed by atoms with Gasteiger partial charge in [0, 0.05) is 46.9 Å².